The van der Waals surface area contributed by atoms with E-state index >= 15 is 0 Å². The van der Waals surface area contributed by atoms with Gasteiger partial charge in [0.1, 0.15) is 9.84 Å². The van der Waals surface area contributed by atoms with Crippen molar-refractivity contribution >= 4 is 34.8 Å². The highest BCUT2D eigenvalue weighted by atomic mass is 32.2. The minimum absolute atomic E-state index is 0.00298. The molecule has 1 unspecified atom stereocenters. The van der Waals surface area contributed by atoms with E-state index in [1.807, 2.05) is 0 Å². The van der Waals surface area contributed by atoms with Crippen molar-refractivity contribution in [3.05, 3.63) is 0 Å². The van der Waals surface area contributed by atoms with E-state index in [9.17, 15) is 8.42 Å². The molecule has 0 aromatic carbocycles. The zero-order valence-corrected chi connectivity index (χ0v) is 33.7. The molecule has 39 heavy (non-hydrogen) atoms. The van der Waals surface area contributed by atoms with Crippen LogP contribution >= 0.6 is 0 Å². The lowest BCUT2D eigenvalue weighted by Crippen LogP contribution is -2.46. The first-order valence-electron chi connectivity index (χ1n) is 14.4. The van der Waals surface area contributed by atoms with Crippen LogP contribution in [0.25, 0.3) is 0 Å². The highest BCUT2D eigenvalue weighted by Crippen LogP contribution is 2.40. The first-order chi connectivity index (χ1) is 16.7. The zero-order chi connectivity index (χ0) is 32.4. The van der Waals surface area contributed by atoms with Gasteiger partial charge in [0.15, 0.2) is 25.0 Å². The van der Waals surface area contributed by atoms with Crippen molar-refractivity contribution < 1.29 is 26.4 Å². The van der Waals surface area contributed by atoms with Crippen molar-refractivity contribution in [2.24, 2.45) is 0 Å². The monoisotopic (exact) mass is 630 g/mol. The summed E-state index contributed by atoms with van der Waals surface area (Å²) in [6.07, 6.45) is 2.16. The van der Waals surface area contributed by atoms with E-state index in [-0.39, 0.29) is 22.0 Å². The van der Waals surface area contributed by atoms with E-state index < -0.39 is 34.8 Å². The van der Waals surface area contributed by atoms with Crippen molar-refractivity contribution in [1.29, 1.82) is 0 Å². The lowest BCUT2D eigenvalue weighted by atomic mass is 10.2. The van der Waals surface area contributed by atoms with Crippen molar-refractivity contribution in [1.82, 2.24) is 0 Å². The Kier molecular flexibility index (Phi) is 18.4. The van der Waals surface area contributed by atoms with Crippen LogP contribution in [-0.2, 0) is 27.9 Å². The van der Waals surface area contributed by atoms with Crippen LogP contribution < -0.4 is 0 Å². The lowest BCUT2D eigenvalue weighted by molar-refractivity contribution is 0.112. The van der Waals surface area contributed by atoms with Gasteiger partial charge in [-0.3, -0.25) is 0 Å². The maximum absolute atomic E-state index is 10.9. The molecule has 0 aromatic heterocycles. The minimum Gasteiger partial charge on any atom is -0.420 e. The number of rotatable bonds is 10. The van der Waals surface area contributed by atoms with Crippen molar-refractivity contribution in [2.45, 2.75) is 156 Å². The van der Waals surface area contributed by atoms with E-state index in [1.165, 1.54) is 6.26 Å². The van der Waals surface area contributed by atoms with Crippen LogP contribution in [0.5, 0.6) is 0 Å². The first-order valence-corrected chi connectivity index (χ1v) is 25.4. The molecular formula is C29H70O6SSi3. The Morgan fingerprint density at radius 2 is 1.05 bits per heavy atom. The van der Waals surface area contributed by atoms with Crippen molar-refractivity contribution in [3.63, 3.8) is 0 Å². The summed E-state index contributed by atoms with van der Waals surface area (Å²) in [5.41, 5.74) is 0.0491. The summed E-state index contributed by atoms with van der Waals surface area (Å²) in [7, 11) is -5.67. The third-order valence-corrected chi connectivity index (χ3v) is 18.8. The second kappa shape index (κ2) is 16.3. The summed E-state index contributed by atoms with van der Waals surface area (Å²) >= 11 is 0. The molecule has 10 heteroatoms. The van der Waals surface area contributed by atoms with Crippen LogP contribution in [0.15, 0.2) is 0 Å². The fourth-order valence-electron chi connectivity index (χ4n) is 3.44. The third kappa shape index (κ3) is 25.8. The Balaban J connectivity index is -0.000000534. The summed E-state index contributed by atoms with van der Waals surface area (Å²) in [5.74, 6) is 0.102. The molecule has 0 aliphatic carbocycles. The fraction of sp³-hybridized carbons (Fsp3) is 1.00. The molecule has 0 bridgehead atoms. The van der Waals surface area contributed by atoms with Crippen molar-refractivity contribution in [3.8, 4) is 0 Å². The van der Waals surface area contributed by atoms with Crippen LogP contribution in [0.4, 0.5) is 0 Å². The predicted molar refractivity (Wildman–Crippen MR) is 181 cm³/mol. The molecule has 0 fully saturated rings. The molecule has 0 aliphatic rings. The number of ether oxygens (including phenoxy) is 1. The molecule has 0 aliphatic heterocycles. The lowest BCUT2D eigenvalue weighted by Gasteiger charge is -2.41. The van der Waals surface area contributed by atoms with Gasteiger partial charge in [-0.05, 0) is 103 Å². The van der Waals surface area contributed by atoms with Crippen LogP contribution in [0.3, 0.4) is 0 Å². The molecule has 0 rings (SSSR count). The number of hydrogen-bond donors (Lipinski definition) is 0. The van der Waals surface area contributed by atoms with Gasteiger partial charge in [0, 0.05) is 31.2 Å². The molecular weight excluding hydrogens is 561 g/mol. The molecule has 240 valence electrons. The van der Waals surface area contributed by atoms with Crippen molar-refractivity contribution in [2.75, 3.05) is 32.3 Å². The van der Waals surface area contributed by atoms with E-state index in [0.717, 1.165) is 12.5 Å². The Hall–Kier alpha value is 0.441. The van der Waals surface area contributed by atoms with E-state index in [0.29, 0.717) is 18.3 Å². The van der Waals surface area contributed by atoms with Gasteiger partial charge < -0.3 is 18.0 Å². The second-order valence-electron chi connectivity index (χ2n) is 16.3. The average Bonchev–Trinajstić information content (AvgIpc) is 2.57. The Morgan fingerprint density at radius 3 is 1.26 bits per heavy atom. The quantitative estimate of drug-likeness (QED) is 0.177. The largest absolute Gasteiger partial charge is 0.420 e. The average molecular weight is 631 g/mol. The van der Waals surface area contributed by atoms with Gasteiger partial charge in [-0.2, -0.15) is 0 Å². The van der Waals surface area contributed by atoms with Gasteiger partial charge in [-0.25, -0.2) is 8.42 Å². The van der Waals surface area contributed by atoms with Gasteiger partial charge in [0.05, 0.1) is 12.4 Å². The van der Waals surface area contributed by atoms with E-state index in [4.69, 9.17) is 18.0 Å². The van der Waals surface area contributed by atoms with Crippen LogP contribution in [0.2, 0.25) is 55.4 Å². The molecule has 0 heterocycles. The van der Waals surface area contributed by atoms with Gasteiger partial charge in [-0.15, -0.1) is 0 Å². The molecule has 0 N–H and O–H groups in total. The number of hydrogen-bond acceptors (Lipinski definition) is 6. The molecule has 0 saturated carbocycles. The Labute approximate surface area is 249 Å². The zero-order valence-electron chi connectivity index (χ0n) is 29.9. The molecule has 1 atom stereocenters. The summed E-state index contributed by atoms with van der Waals surface area (Å²) in [6, 6.07) is 1.03. The van der Waals surface area contributed by atoms with Gasteiger partial charge >= 0.3 is 0 Å². The molecule has 0 radical (unpaired) electrons. The summed E-state index contributed by atoms with van der Waals surface area (Å²) in [6.45, 7) is 40.5. The summed E-state index contributed by atoms with van der Waals surface area (Å²) in [5, 5.41) is 0.523. The topological polar surface area (TPSA) is 71.1 Å². The van der Waals surface area contributed by atoms with Gasteiger partial charge in [0.2, 0.25) is 0 Å². The highest BCUT2D eigenvalue weighted by Gasteiger charge is 2.41. The minimum atomic E-state index is -2.91. The van der Waals surface area contributed by atoms with E-state index in [1.54, 1.807) is 7.11 Å². The third-order valence-electron chi connectivity index (χ3n) is 6.56. The highest BCUT2D eigenvalue weighted by molar-refractivity contribution is 7.90. The molecule has 0 aromatic rings. The van der Waals surface area contributed by atoms with Gasteiger partial charge in [0.25, 0.3) is 0 Å². The van der Waals surface area contributed by atoms with Crippen LogP contribution in [-0.4, -0.2) is 76.9 Å². The van der Waals surface area contributed by atoms with Crippen LogP contribution in [0, 0.1) is 0 Å². The molecule has 6 nitrogen and oxygen atoms in total. The molecule has 0 spiro atoms. The normalized spacial score (nSPS) is 15.5. The second-order valence-corrected chi connectivity index (χ2v) is 32.6. The van der Waals surface area contributed by atoms with Crippen LogP contribution in [0.1, 0.15) is 89.5 Å². The predicted octanol–water partition coefficient (Wildman–Crippen LogP) is 8.90. The molecule has 0 amide bonds. The smallest absolute Gasteiger partial charge is 0.194 e. The van der Waals surface area contributed by atoms with Gasteiger partial charge in [-0.1, -0.05) is 41.5 Å². The SMILES string of the molecule is CC(C)(C)O[Si](C)(C)C.CC(C)(C)O[Si](C)(C)C(C)(C)C.CO[Si](C)(CCCOCCS(C)(=O)=O)C(C)(C)C. The maximum Gasteiger partial charge on any atom is 0.194 e. The standard InChI is InChI=1S/C12H28O4SSi.C10H24OSi.C7H18OSi/c1-12(2,3)18(6,15-4)11-7-8-16-9-10-17(5,13)14;1-9(2,3)11-12(7,8)10(4,5)6;1-7(2,3)8-9(4,5)6/h7-11H2,1-6H3;1-8H3;1-6H3. The Morgan fingerprint density at radius 1 is 0.641 bits per heavy atom. The molecule has 0 saturated heterocycles. The Bertz CT molecular complexity index is 753. The number of sulfone groups is 1. The van der Waals surface area contributed by atoms with E-state index in [2.05, 4.69) is 122 Å². The fourth-order valence-corrected chi connectivity index (χ4v) is 9.92. The summed E-state index contributed by atoms with van der Waals surface area (Å²) in [4.78, 5) is 0. The first kappa shape index (κ1) is 43.9. The maximum atomic E-state index is 10.9. The summed E-state index contributed by atoms with van der Waals surface area (Å²) < 4.78 is 44.8.